The average Bonchev–Trinajstić information content (AvgIpc) is 2.16. The van der Waals surface area contributed by atoms with Crippen LogP contribution >= 0.6 is 0 Å². The molecule has 1 rings (SSSR count). The van der Waals surface area contributed by atoms with Crippen molar-refractivity contribution in [1.29, 1.82) is 0 Å². The van der Waals surface area contributed by atoms with E-state index in [9.17, 15) is 18.0 Å². The molecule has 2 N–H and O–H groups in total. The van der Waals surface area contributed by atoms with Gasteiger partial charge in [0.2, 0.25) is 0 Å². The molecule has 0 saturated heterocycles. The van der Waals surface area contributed by atoms with E-state index in [4.69, 9.17) is 5.73 Å². The molecule has 1 aromatic rings. The number of benzene rings is 1. The highest BCUT2D eigenvalue weighted by molar-refractivity contribution is 5.95. The van der Waals surface area contributed by atoms with Gasteiger partial charge in [0.1, 0.15) is 0 Å². The van der Waals surface area contributed by atoms with Crippen molar-refractivity contribution in [1.82, 2.24) is 0 Å². The molecular weight excluding hydrogens is 223 g/mol. The Kier molecular flexibility index (Phi) is 3.41. The summed E-state index contributed by atoms with van der Waals surface area (Å²) in [7, 11) is 0. The van der Waals surface area contributed by atoms with Gasteiger partial charge in [-0.1, -0.05) is 0 Å². The fraction of sp³-hybridized carbons (Fsp3) is 0.300. The Morgan fingerprint density at radius 2 is 2.06 bits per heavy atom. The minimum Gasteiger partial charge on any atom is -0.462 e. The Labute approximate surface area is 90.0 Å². The Morgan fingerprint density at radius 3 is 2.50 bits per heavy atom. The summed E-state index contributed by atoms with van der Waals surface area (Å²) >= 11 is 0. The molecule has 0 fully saturated rings. The van der Waals surface area contributed by atoms with Gasteiger partial charge >= 0.3 is 12.1 Å². The molecular formula is C10H10F3NO2. The van der Waals surface area contributed by atoms with Gasteiger partial charge < -0.3 is 10.5 Å². The third kappa shape index (κ3) is 2.65. The van der Waals surface area contributed by atoms with Crippen LogP contribution in [0.2, 0.25) is 0 Å². The zero-order valence-electron chi connectivity index (χ0n) is 8.47. The Bertz CT molecular complexity index is 402. The second-order valence-corrected chi connectivity index (χ2v) is 3.02. The molecule has 0 heterocycles. The molecule has 0 aliphatic rings. The number of halogens is 3. The number of rotatable bonds is 2. The van der Waals surface area contributed by atoms with Crippen LogP contribution in [0.1, 0.15) is 22.8 Å². The number of hydrogen-bond acceptors (Lipinski definition) is 3. The quantitative estimate of drug-likeness (QED) is 0.630. The van der Waals surface area contributed by atoms with Gasteiger partial charge in [-0.05, 0) is 25.1 Å². The van der Waals surface area contributed by atoms with Crippen molar-refractivity contribution in [2.24, 2.45) is 0 Å². The van der Waals surface area contributed by atoms with E-state index in [0.29, 0.717) is 6.07 Å². The SMILES string of the molecule is CCOC(=O)c1ccc(C(F)(F)F)cc1N. The van der Waals surface area contributed by atoms with Crippen LogP contribution in [0.25, 0.3) is 0 Å². The lowest BCUT2D eigenvalue weighted by Gasteiger charge is -2.10. The predicted octanol–water partition coefficient (Wildman–Crippen LogP) is 2.46. The molecule has 0 radical (unpaired) electrons. The van der Waals surface area contributed by atoms with Gasteiger partial charge in [-0.25, -0.2) is 4.79 Å². The lowest BCUT2D eigenvalue weighted by molar-refractivity contribution is -0.137. The lowest BCUT2D eigenvalue weighted by Crippen LogP contribution is -2.11. The monoisotopic (exact) mass is 233 g/mol. The van der Waals surface area contributed by atoms with E-state index in [1.807, 2.05) is 0 Å². The maximum absolute atomic E-state index is 12.3. The van der Waals surface area contributed by atoms with E-state index in [1.165, 1.54) is 0 Å². The molecule has 6 heteroatoms. The summed E-state index contributed by atoms with van der Waals surface area (Å²) in [5.41, 5.74) is 4.16. The fourth-order valence-electron chi connectivity index (χ4n) is 1.13. The summed E-state index contributed by atoms with van der Waals surface area (Å²) in [4.78, 5) is 11.2. The molecule has 0 atom stereocenters. The van der Waals surface area contributed by atoms with Gasteiger partial charge in [0.25, 0.3) is 0 Å². The van der Waals surface area contributed by atoms with Crippen LogP contribution in [0.5, 0.6) is 0 Å². The maximum atomic E-state index is 12.3. The zero-order valence-corrected chi connectivity index (χ0v) is 8.47. The summed E-state index contributed by atoms with van der Waals surface area (Å²) in [5.74, 6) is -0.728. The first-order chi connectivity index (χ1) is 7.36. The number of ether oxygens (including phenoxy) is 1. The van der Waals surface area contributed by atoms with Gasteiger partial charge in [0.15, 0.2) is 0 Å². The summed E-state index contributed by atoms with van der Waals surface area (Å²) in [6.45, 7) is 1.73. The topological polar surface area (TPSA) is 52.3 Å². The molecule has 16 heavy (non-hydrogen) atoms. The second-order valence-electron chi connectivity index (χ2n) is 3.02. The molecule has 88 valence electrons. The summed E-state index contributed by atoms with van der Waals surface area (Å²) in [5, 5.41) is 0. The Morgan fingerprint density at radius 1 is 1.44 bits per heavy atom. The zero-order chi connectivity index (χ0) is 12.3. The lowest BCUT2D eigenvalue weighted by atomic mass is 10.1. The number of nitrogens with two attached hydrogens (primary N) is 1. The van der Waals surface area contributed by atoms with Crippen molar-refractivity contribution >= 4 is 11.7 Å². The molecule has 0 amide bonds. The summed E-state index contributed by atoms with van der Waals surface area (Å²) in [6, 6.07) is 2.52. The van der Waals surface area contributed by atoms with Crippen LogP contribution in [0.4, 0.5) is 18.9 Å². The molecule has 0 saturated carbocycles. The highest BCUT2D eigenvalue weighted by Gasteiger charge is 2.31. The van der Waals surface area contributed by atoms with Crippen LogP contribution in [-0.2, 0) is 10.9 Å². The van der Waals surface area contributed by atoms with E-state index in [2.05, 4.69) is 4.74 Å². The first-order valence-corrected chi connectivity index (χ1v) is 4.50. The van der Waals surface area contributed by atoms with Crippen molar-refractivity contribution in [3.05, 3.63) is 29.3 Å². The van der Waals surface area contributed by atoms with Gasteiger partial charge in [0.05, 0.1) is 17.7 Å². The highest BCUT2D eigenvalue weighted by Crippen LogP contribution is 2.31. The minimum atomic E-state index is -4.47. The Hall–Kier alpha value is -1.72. The molecule has 1 aromatic carbocycles. The predicted molar refractivity (Wildman–Crippen MR) is 51.8 cm³/mol. The molecule has 0 bridgehead atoms. The molecule has 0 aliphatic carbocycles. The molecule has 0 aromatic heterocycles. The van der Waals surface area contributed by atoms with Crippen LogP contribution in [0.15, 0.2) is 18.2 Å². The number of esters is 1. The number of carbonyl (C=O) groups is 1. The van der Waals surface area contributed by atoms with Crippen LogP contribution in [0.3, 0.4) is 0 Å². The molecule has 0 spiro atoms. The van der Waals surface area contributed by atoms with Gasteiger partial charge in [-0.2, -0.15) is 13.2 Å². The van der Waals surface area contributed by atoms with Crippen molar-refractivity contribution in [3.8, 4) is 0 Å². The molecule has 0 aliphatic heterocycles. The van der Waals surface area contributed by atoms with Crippen molar-refractivity contribution < 1.29 is 22.7 Å². The third-order valence-electron chi connectivity index (χ3n) is 1.87. The number of alkyl halides is 3. The molecule has 0 unspecified atom stereocenters. The summed E-state index contributed by atoms with van der Waals surface area (Å²) < 4.78 is 41.5. The normalized spacial score (nSPS) is 11.2. The first-order valence-electron chi connectivity index (χ1n) is 4.50. The van der Waals surface area contributed by atoms with E-state index in [1.54, 1.807) is 6.92 Å². The Balaban J connectivity index is 3.05. The summed E-state index contributed by atoms with van der Waals surface area (Å²) in [6.07, 6.45) is -4.47. The number of nitrogen functional groups attached to an aromatic ring is 1. The minimum absolute atomic E-state index is 0.0603. The largest absolute Gasteiger partial charge is 0.462 e. The third-order valence-corrected chi connectivity index (χ3v) is 1.87. The van der Waals surface area contributed by atoms with E-state index >= 15 is 0 Å². The highest BCUT2D eigenvalue weighted by atomic mass is 19.4. The van der Waals surface area contributed by atoms with Crippen LogP contribution in [0, 0.1) is 0 Å². The van der Waals surface area contributed by atoms with Gasteiger partial charge in [-0.3, -0.25) is 0 Å². The molecule has 3 nitrogen and oxygen atoms in total. The second kappa shape index (κ2) is 4.42. The van der Waals surface area contributed by atoms with E-state index < -0.39 is 17.7 Å². The smallest absolute Gasteiger partial charge is 0.416 e. The number of hydrogen-bond donors (Lipinski definition) is 1. The fourth-order valence-corrected chi connectivity index (χ4v) is 1.13. The van der Waals surface area contributed by atoms with E-state index in [-0.39, 0.29) is 17.9 Å². The van der Waals surface area contributed by atoms with E-state index in [0.717, 1.165) is 12.1 Å². The number of anilines is 1. The van der Waals surface area contributed by atoms with Gasteiger partial charge in [-0.15, -0.1) is 0 Å². The van der Waals surface area contributed by atoms with Crippen LogP contribution < -0.4 is 5.73 Å². The first kappa shape index (κ1) is 12.4. The van der Waals surface area contributed by atoms with Gasteiger partial charge in [0, 0.05) is 5.69 Å². The van der Waals surface area contributed by atoms with Crippen molar-refractivity contribution in [2.45, 2.75) is 13.1 Å². The number of carbonyl (C=O) groups excluding carboxylic acids is 1. The standard InChI is InChI=1S/C10H10F3NO2/c1-2-16-9(15)7-4-3-6(5-8(7)14)10(11,12)13/h3-5H,2,14H2,1H3. The average molecular weight is 233 g/mol. The van der Waals surface area contributed by atoms with Crippen molar-refractivity contribution in [3.63, 3.8) is 0 Å². The van der Waals surface area contributed by atoms with Crippen molar-refractivity contribution in [2.75, 3.05) is 12.3 Å². The maximum Gasteiger partial charge on any atom is 0.416 e. The van der Waals surface area contributed by atoms with Crippen LogP contribution in [-0.4, -0.2) is 12.6 Å².